The molecule has 2 saturated heterocycles. The third kappa shape index (κ3) is 1.98. The van der Waals surface area contributed by atoms with Crippen molar-refractivity contribution in [3.05, 3.63) is 11.8 Å². The van der Waals surface area contributed by atoms with Crippen LogP contribution in [0.5, 0.6) is 0 Å². The van der Waals surface area contributed by atoms with Gasteiger partial charge >= 0.3 is 0 Å². The average molecular weight is 238 g/mol. The predicted octanol–water partition coefficient (Wildman–Crippen LogP) is 1.25. The molecule has 4 rings (SSSR count). The summed E-state index contributed by atoms with van der Waals surface area (Å²) in [5, 5.41) is 0. The van der Waals surface area contributed by atoms with Gasteiger partial charge in [-0.2, -0.15) is 0 Å². The van der Waals surface area contributed by atoms with Crippen LogP contribution in [0.25, 0.3) is 0 Å². The molecule has 0 N–H and O–H groups in total. The predicted molar refractivity (Wildman–Crippen MR) is 59.5 cm³/mol. The van der Waals surface area contributed by atoms with Gasteiger partial charge in [-0.15, -0.1) is 0 Å². The lowest BCUT2D eigenvalue weighted by Gasteiger charge is -2.29. The Labute approximate surface area is 101 Å². The summed E-state index contributed by atoms with van der Waals surface area (Å²) < 4.78 is 22.4. The van der Waals surface area contributed by atoms with Crippen LogP contribution in [0.3, 0.4) is 0 Å². The number of hydrogen-bond acceptors (Lipinski definition) is 4. The quantitative estimate of drug-likeness (QED) is 0.653. The van der Waals surface area contributed by atoms with E-state index in [1.807, 2.05) is 0 Å². The lowest BCUT2D eigenvalue weighted by molar-refractivity contribution is -0.0540. The van der Waals surface area contributed by atoms with Crippen molar-refractivity contribution in [1.29, 1.82) is 0 Å². The molecule has 4 nitrogen and oxygen atoms in total. The second-order valence-corrected chi connectivity index (χ2v) is 5.56. The molecule has 17 heavy (non-hydrogen) atoms. The molecule has 1 saturated carbocycles. The van der Waals surface area contributed by atoms with E-state index >= 15 is 0 Å². The maximum absolute atomic E-state index is 6.11. The molecule has 4 aliphatic rings. The Balaban J connectivity index is 1.41. The van der Waals surface area contributed by atoms with Gasteiger partial charge in [-0.1, -0.05) is 0 Å². The summed E-state index contributed by atoms with van der Waals surface area (Å²) in [5.41, 5.74) is -0.133. The van der Waals surface area contributed by atoms with Crippen molar-refractivity contribution in [2.24, 2.45) is 5.92 Å². The highest BCUT2D eigenvalue weighted by Gasteiger charge is 2.50. The van der Waals surface area contributed by atoms with Gasteiger partial charge in [0.1, 0.15) is 30.2 Å². The van der Waals surface area contributed by atoms with Crippen LogP contribution in [-0.2, 0) is 18.9 Å². The fraction of sp³-hybridized carbons (Fsp3) is 0.846. The number of ether oxygens (including phenoxy) is 4. The van der Waals surface area contributed by atoms with Crippen molar-refractivity contribution < 1.29 is 18.9 Å². The first-order valence-electron chi connectivity index (χ1n) is 6.56. The van der Waals surface area contributed by atoms with Crippen LogP contribution in [0.2, 0.25) is 0 Å². The van der Waals surface area contributed by atoms with Crippen LogP contribution in [-0.4, -0.2) is 44.2 Å². The van der Waals surface area contributed by atoms with Crippen LogP contribution in [0, 0.1) is 5.92 Å². The topological polar surface area (TPSA) is 43.5 Å². The molecule has 0 radical (unpaired) electrons. The summed E-state index contributed by atoms with van der Waals surface area (Å²) in [6.07, 6.45) is 6.34. The molecule has 0 amide bonds. The van der Waals surface area contributed by atoms with E-state index in [9.17, 15) is 0 Å². The fourth-order valence-corrected chi connectivity index (χ4v) is 2.92. The highest BCUT2D eigenvalue weighted by Crippen LogP contribution is 2.50. The molecule has 4 atom stereocenters. The molecule has 4 unspecified atom stereocenters. The van der Waals surface area contributed by atoms with E-state index in [2.05, 4.69) is 6.08 Å². The van der Waals surface area contributed by atoms with Crippen LogP contribution in [0.15, 0.2) is 11.8 Å². The number of rotatable bonds is 6. The summed E-state index contributed by atoms with van der Waals surface area (Å²) in [6.45, 7) is 3.10. The van der Waals surface area contributed by atoms with E-state index in [1.54, 1.807) is 0 Å². The minimum absolute atomic E-state index is 0.133. The number of epoxide rings is 2. The summed E-state index contributed by atoms with van der Waals surface area (Å²) >= 11 is 0. The number of hydrogen-bond donors (Lipinski definition) is 0. The maximum Gasteiger partial charge on any atom is 0.125 e. The SMILES string of the molecule is C1=C(OCC2CO2)C2(OCC3CO3)CCC1C2. The second-order valence-electron chi connectivity index (χ2n) is 5.56. The van der Waals surface area contributed by atoms with Crippen molar-refractivity contribution >= 4 is 0 Å². The van der Waals surface area contributed by atoms with Gasteiger partial charge in [-0.25, -0.2) is 0 Å². The Kier molecular flexibility index (Phi) is 2.26. The average Bonchev–Trinajstić information content (AvgIpc) is 3.25. The van der Waals surface area contributed by atoms with Crippen molar-refractivity contribution in [3.63, 3.8) is 0 Å². The van der Waals surface area contributed by atoms with Gasteiger partial charge in [-0.3, -0.25) is 0 Å². The summed E-state index contributed by atoms with van der Waals surface area (Å²) in [7, 11) is 0. The van der Waals surface area contributed by atoms with E-state index in [0.29, 0.717) is 31.3 Å². The molecule has 94 valence electrons. The van der Waals surface area contributed by atoms with Gasteiger partial charge in [0.15, 0.2) is 0 Å². The van der Waals surface area contributed by atoms with E-state index in [1.165, 1.54) is 6.42 Å². The zero-order valence-electron chi connectivity index (χ0n) is 9.89. The standard InChI is InChI=1S/C13H18O4/c1-2-13(17-8-11-6-15-11)4-9(1)3-12(13)16-7-10-5-14-10/h3,9-11H,1-2,4-8H2. The normalized spacial score (nSPS) is 45.9. The highest BCUT2D eigenvalue weighted by molar-refractivity contribution is 5.25. The second kappa shape index (κ2) is 3.70. The van der Waals surface area contributed by atoms with Gasteiger partial charge in [0.2, 0.25) is 0 Å². The molecule has 2 aliphatic carbocycles. The van der Waals surface area contributed by atoms with E-state index in [0.717, 1.165) is 31.8 Å². The number of allylic oxidation sites excluding steroid dienone is 1. The van der Waals surface area contributed by atoms with Crippen LogP contribution in [0.1, 0.15) is 19.3 Å². The first-order valence-corrected chi connectivity index (χ1v) is 6.56. The lowest BCUT2D eigenvalue weighted by atomic mass is 10.0. The fourth-order valence-electron chi connectivity index (χ4n) is 2.92. The van der Waals surface area contributed by atoms with Crippen molar-refractivity contribution in [2.75, 3.05) is 26.4 Å². The van der Waals surface area contributed by atoms with E-state index < -0.39 is 0 Å². The van der Waals surface area contributed by atoms with Gasteiger partial charge in [0, 0.05) is 0 Å². The molecule has 0 aromatic heterocycles. The summed E-state index contributed by atoms with van der Waals surface area (Å²) in [5.74, 6) is 1.72. The maximum atomic E-state index is 6.11. The van der Waals surface area contributed by atoms with Crippen molar-refractivity contribution in [3.8, 4) is 0 Å². The smallest absolute Gasteiger partial charge is 0.125 e. The lowest BCUT2D eigenvalue weighted by Crippen LogP contribution is -2.33. The summed E-state index contributed by atoms with van der Waals surface area (Å²) in [4.78, 5) is 0. The number of fused-ring (bicyclic) bond motifs is 2. The Morgan fingerprint density at radius 1 is 1.24 bits per heavy atom. The largest absolute Gasteiger partial charge is 0.492 e. The first-order chi connectivity index (χ1) is 8.34. The van der Waals surface area contributed by atoms with Crippen LogP contribution < -0.4 is 0 Å². The van der Waals surface area contributed by atoms with E-state index in [-0.39, 0.29) is 5.60 Å². The first kappa shape index (κ1) is 10.4. The van der Waals surface area contributed by atoms with Gasteiger partial charge in [0.05, 0.1) is 19.8 Å². The van der Waals surface area contributed by atoms with Crippen molar-refractivity contribution in [1.82, 2.24) is 0 Å². The molecule has 3 fully saturated rings. The van der Waals surface area contributed by atoms with E-state index in [4.69, 9.17) is 18.9 Å². The third-order valence-electron chi connectivity index (χ3n) is 4.12. The van der Waals surface area contributed by atoms with Crippen LogP contribution in [0.4, 0.5) is 0 Å². The molecule has 4 heteroatoms. The van der Waals surface area contributed by atoms with Gasteiger partial charge in [-0.05, 0) is 31.3 Å². The van der Waals surface area contributed by atoms with Crippen LogP contribution >= 0.6 is 0 Å². The molecular formula is C13H18O4. The molecule has 2 bridgehead atoms. The molecule has 0 spiro atoms. The van der Waals surface area contributed by atoms with Gasteiger partial charge < -0.3 is 18.9 Å². The third-order valence-corrected chi connectivity index (χ3v) is 4.12. The highest BCUT2D eigenvalue weighted by atomic mass is 16.6. The molecule has 2 heterocycles. The van der Waals surface area contributed by atoms with Crippen molar-refractivity contribution in [2.45, 2.75) is 37.1 Å². The molecule has 2 aliphatic heterocycles. The molecule has 0 aromatic rings. The van der Waals surface area contributed by atoms with Gasteiger partial charge in [0.25, 0.3) is 0 Å². The zero-order chi connectivity index (χ0) is 11.3. The summed E-state index contributed by atoms with van der Waals surface area (Å²) in [6, 6.07) is 0. The monoisotopic (exact) mass is 238 g/mol. The minimum Gasteiger partial charge on any atom is -0.492 e. The Hall–Kier alpha value is -0.580. The molecular weight excluding hydrogens is 220 g/mol. The Bertz CT molecular complexity index is 345. The Morgan fingerprint density at radius 3 is 2.71 bits per heavy atom. The Morgan fingerprint density at radius 2 is 2.00 bits per heavy atom. The minimum atomic E-state index is -0.133. The zero-order valence-corrected chi connectivity index (χ0v) is 9.89. The molecule has 0 aromatic carbocycles.